The lowest BCUT2D eigenvalue weighted by Gasteiger charge is -2.07. The van der Waals surface area contributed by atoms with Crippen molar-refractivity contribution in [2.24, 2.45) is 5.16 Å². The molecule has 1 heterocycles. The standard InChI is InChI=1S/C21H18N4O2/c1-2-6-20-19(15-23-25(20)18-7-4-3-5-8-18)21(26)27-24-14-17-11-9-16(13-22)10-12-17/h3-5,7-12,14-15H,2,6H2,1H3/b24-14+. The fraction of sp³-hybridized carbons (Fsp3) is 0.143. The van der Waals surface area contributed by atoms with E-state index in [9.17, 15) is 4.79 Å². The van der Waals surface area contributed by atoms with Gasteiger partial charge >= 0.3 is 5.97 Å². The second-order valence-electron chi connectivity index (χ2n) is 5.85. The highest BCUT2D eigenvalue weighted by Crippen LogP contribution is 2.18. The fourth-order valence-electron chi connectivity index (χ4n) is 2.64. The zero-order valence-electron chi connectivity index (χ0n) is 14.9. The molecule has 0 saturated heterocycles. The van der Waals surface area contributed by atoms with Gasteiger partial charge in [0.2, 0.25) is 0 Å². The molecule has 1 aromatic heterocycles. The number of oxime groups is 1. The Balaban J connectivity index is 1.77. The third-order valence-corrected chi connectivity index (χ3v) is 3.95. The van der Waals surface area contributed by atoms with Gasteiger partial charge in [-0.2, -0.15) is 10.4 Å². The lowest BCUT2D eigenvalue weighted by molar-refractivity contribution is 0.0518. The van der Waals surface area contributed by atoms with E-state index in [-0.39, 0.29) is 0 Å². The summed E-state index contributed by atoms with van der Waals surface area (Å²) in [6.45, 7) is 2.04. The van der Waals surface area contributed by atoms with Crippen LogP contribution in [-0.2, 0) is 11.3 Å². The van der Waals surface area contributed by atoms with Crippen molar-refractivity contribution in [1.29, 1.82) is 5.26 Å². The summed E-state index contributed by atoms with van der Waals surface area (Å²) in [4.78, 5) is 17.5. The van der Waals surface area contributed by atoms with Crippen LogP contribution in [0.1, 0.15) is 40.5 Å². The van der Waals surface area contributed by atoms with Crippen LogP contribution in [-0.4, -0.2) is 22.0 Å². The number of para-hydroxylation sites is 1. The first-order valence-electron chi connectivity index (χ1n) is 8.60. The minimum Gasteiger partial charge on any atom is -0.313 e. The number of rotatable bonds is 6. The fourth-order valence-corrected chi connectivity index (χ4v) is 2.64. The molecule has 0 radical (unpaired) electrons. The van der Waals surface area contributed by atoms with E-state index in [4.69, 9.17) is 10.1 Å². The van der Waals surface area contributed by atoms with Crippen LogP contribution >= 0.6 is 0 Å². The van der Waals surface area contributed by atoms with E-state index in [1.54, 1.807) is 28.9 Å². The summed E-state index contributed by atoms with van der Waals surface area (Å²) in [6, 6.07) is 18.5. The molecule has 2 aromatic carbocycles. The molecule has 0 aliphatic heterocycles. The van der Waals surface area contributed by atoms with Gasteiger partial charge in [-0.05, 0) is 36.2 Å². The molecule has 0 atom stereocenters. The summed E-state index contributed by atoms with van der Waals surface area (Å²) in [5.74, 6) is -0.550. The van der Waals surface area contributed by atoms with Crippen molar-refractivity contribution in [2.45, 2.75) is 19.8 Å². The van der Waals surface area contributed by atoms with Crippen molar-refractivity contribution in [3.05, 3.63) is 83.2 Å². The quantitative estimate of drug-likeness (QED) is 0.380. The van der Waals surface area contributed by atoms with Crippen LogP contribution in [0.4, 0.5) is 0 Å². The van der Waals surface area contributed by atoms with Crippen LogP contribution in [0.5, 0.6) is 0 Å². The van der Waals surface area contributed by atoms with Crippen molar-refractivity contribution >= 4 is 12.2 Å². The third kappa shape index (κ3) is 4.28. The Morgan fingerprint density at radius 2 is 1.96 bits per heavy atom. The maximum Gasteiger partial charge on any atom is 0.369 e. The monoisotopic (exact) mass is 358 g/mol. The molecular formula is C21H18N4O2. The van der Waals surface area contributed by atoms with Crippen LogP contribution in [0.3, 0.4) is 0 Å². The molecule has 0 aliphatic rings. The molecule has 3 rings (SSSR count). The van der Waals surface area contributed by atoms with Gasteiger partial charge in [0.1, 0.15) is 5.56 Å². The van der Waals surface area contributed by atoms with E-state index in [1.807, 2.05) is 43.3 Å². The molecule has 0 N–H and O–H groups in total. The van der Waals surface area contributed by atoms with Gasteiger partial charge in [-0.25, -0.2) is 9.48 Å². The molecule has 6 heteroatoms. The molecule has 0 unspecified atom stereocenters. The molecule has 0 fully saturated rings. The first-order chi connectivity index (χ1) is 13.2. The van der Waals surface area contributed by atoms with E-state index in [0.29, 0.717) is 17.5 Å². The van der Waals surface area contributed by atoms with Crippen molar-refractivity contribution in [2.75, 3.05) is 0 Å². The Hall–Kier alpha value is -3.72. The minimum atomic E-state index is -0.550. The molecule has 3 aromatic rings. The van der Waals surface area contributed by atoms with Crippen LogP contribution in [0.2, 0.25) is 0 Å². The molecule has 6 nitrogen and oxygen atoms in total. The Kier molecular flexibility index (Phi) is 5.75. The second kappa shape index (κ2) is 8.59. The molecule has 0 spiro atoms. The highest BCUT2D eigenvalue weighted by Gasteiger charge is 2.19. The van der Waals surface area contributed by atoms with Crippen LogP contribution < -0.4 is 0 Å². The molecule has 134 valence electrons. The molecule has 0 aliphatic carbocycles. The zero-order chi connectivity index (χ0) is 19.1. The SMILES string of the molecule is CCCc1c(C(=O)O/N=C/c2ccc(C#N)cc2)cnn1-c1ccccc1. The lowest BCUT2D eigenvalue weighted by atomic mass is 10.1. The maximum absolute atomic E-state index is 12.4. The predicted molar refractivity (Wildman–Crippen MR) is 102 cm³/mol. The number of nitriles is 1. The maximum atomic E-state index is 12.4. The molecule has 0 saturated carbocycles. The predicted octanol–water partition coefficient (Wildman–Crippen LogP) is 3.89. The van der Waals surface area contributed by atoms with Gasteiger partial charge in [-0.1, -0.05) is 48.8 Å². The summed E-state index contributed by atoms with van der Waals surface area (Å²) in [6.07, 6.45) is 4.50. The number of nitrogens with zero attached hydrogens (tertiary/aromatic N) is 4. The van der Waals surface area contributed by atoms with Crippen LogP contribution in [0.25, 0.3) is 5.69 Å². The normalized spacial score (nSPS) is 10.7. The highest BCUT2D eigenvalue weighted by molar-refractivity contribution is 5.91. The Morgan fingerprint density at radius 3 is 2.63 bits per heavy atom. The Bertz CT molecular complexity index is 983. The number of benzene rings is 2. The topological polar surface area (TPSA) is 80.3 Å². The second-order valence-corrected chi connectivity index (χ2v) is 5.85. The van der Waals surface area contributed by atoms with E-state index in [0.717, 1.165) is 23.4 Å². The van der Waals surface area contributed by atoms with Gasteiger partial charge in [0.25, 0.3) is 0 Å². The molecule has 27 heavy (non-hydrogen) atoms. The van der Waals surface area contributed by atoms with E-state index < -0.39 is 5.97 Å². The summed E-state index contributed by atoms with van der Waals surface area (Å²) < 4.78 is 1.75. The number of carbonyl (C=O) groups is 1. The largest absolute Gasteiger partial charge is 0.369 e. The van der Waals surface area contributed by atoms with Gasteiger partial charge in [0, 0.05) is 0 Å². The van der Waals surface area contributed by atoms with Gasteiger partial charge in [-0.15, -0.1) is 0 Å². The summed E-state index contributed by atoms with van der Waals surface area (Å²) in [5.41, 5.74) is 3.37. The van der Waals surface area contributed by atoms with Gasteiger partial charge in [-0.3, -0.25) is 0 Å². The Labute approximate surface area is 157 Å². The van der Waals surface area contributed by atoms with Crippen molar-refractivity contribution in [1.82, 2.24) is 9.78 Å². The van der Waals surface area contributed by atoms with Crippen molar-refractivity contribution in [3.63, 3.8) is 0 Å². The van der Waals surface area contributed by atoms with E-state index in [1.165, 1.54) is 12.4 Å². The number of aromatic nitrogens is 2. The van der Waals surface area contributed by atoms with Gasteiger partial charge in [0.15, 0.2) is 0 Å². The number of carbonyl (C=O) groups excluding carboxylic acids is 1. The van der Waals surface area contributed by atoms with Crippen LogP contribution in [0.15, 0.2) is 65.9 Å². The summed E-state index contributed by atoms with van der Waals surface area (Å²) in [7, 11) is 0. The Morgan fingerprint density at radius 1 is 1.22 bits per heavy atom. The van der Waals surface area contributed by atoms with Crippen molar-refractivity contribution in [3.8, 4) is 11.8 Å². The first-order valence-corrected chi connectivity index (χ1v) is 8.60. The lowest BCUT2D eigenvalue weighted by Crippen LogP contribution is -2.08. The minimum absolute atomic E-state index is 0.401. The number of hydrogen-bond donors (Lipinski definition) is 0. The summed E-state index contributed by atoms with van der Waals surface area (Å²) in [5, 5.41) is 16.9. The highest BCUT2D eigenvalue weighted by atomic mass is 16.7. The zero-order valence-corrected chi connectivity index (χ0v) is 14.9. The van der Waals surface area contributed by atoms with Crippen LogP contribution in [0, 0.1) is 11.3 Å². The first kappa shape index (κ1) is 18.1. The smallest absolute Gasteiger partial charge is 0.313 e. The molecular weight excluding hydrogens is 340 g/mol. The van der Waals surface area contributed by atoms with Crippen molar-refractivity contribution < 1.29 is 9.63 Å². The van der Waals surface area contributed by atoms with E-state index >= 15 is 0 Å². The number of hydrogen-bond acceptors (Lipinski definition) is 5. The third-order valence-electron chi connectivity index (χ3n) is 3.95. The van der Waals surface area contributed by atoms with Gasteiger partial charge < -0.3 is 4.84 Å². The molecule has 0 amide bonds. The average molecular weight is 358 g/mol. The summed E-state index contributed by atoms with van der Waals surface area (Å²) >= 11 is 0. The molecule has 0 bridgehead atoms. The van der Waals surface area contributed by atoms with E-state index in [2.05, 4.69) is 10.3 Å². The average Bonchev–Trinajstić information content (AvgIpc) is 3.13. The van der Waals surface area contributed by atoms with Gasteiger partial charge in [0.05, 0.1) is 35.4 Å².